The Morgan fingerprint density at radius 1 is 0.933 bits per heavy atom. The smallest absolute Gasteiger partial charge is 0.131 e. The Labute approximate surface area is 95.9 Å². The summed E-state index contributed by atoms with van der Waals surface area (Å²) in [4.78, 5) is 0.124. The molecule has 0 unspecified atom stereocenters. The fraction of sp³-hybridized carbons (Fsp3) is 0.0769. The summed E-state index contributed by atoms with van der Waals surface area (Å²) < 4.78 is 13.7. The Hall–Kier alpha value is -1.15. The average molecular weight is 263 g/mol. The van der Waals surface area contributed by atoms with E-state index in [1.54, 1.807) is 6.07 Å². The highest BCUT2D eigenvalue weighted by molar-refractivity contribution is 9.09. The van der Waals surface area contributed by atoms with Crippen molar-refractivity contribution in [3.8, 4) is 11.1 Å². The molecule has 0 heterocycles. The van der Waals surface area contributed by atoms with E-state index in [9.17, 15) is 4.39 Å². The first-order valence-corrected chi connectivity index (χ1v) is 5.72. The fourth-order valence-electron chi connectivity index (χ4n) is 2.15. The second-order valence-electron chi connectivity index (χ2n) is 3.65. The third kappa shape index (κ3) is 1.18. The van der Waals surface area contributed by atoms with Crippen molar-refractivity contribution in [2.45, 2.75) is 4.83 Å². The van der Waals surface area contributed by atoms with Gasteiger partial charge in [0.25, 0.3) is 0 Å². The Balaban J connectivity index is 2.39. The zero-order valence-corrected chi connectivity index (χ0v) is 9.46. The highest BCUT2D eigenvalue weighted by atomic mass is 79.9. The van der Waals surface area contributed by atoms with Gasteiger partial charge in [0, 0.05) is 5.56 Å². The number of rotatable bonds is 0. The first-order chi connectivity index (χ1) is 7.29. The molecule has 0 aliphatic heterocycles. The second-order valence-corrected chi connectivity index (χ2v) is 4.57. The lowest BCUT2D eigenvalue weighted by molar-refractivity contribution is 0.631. The minimum Gasteiger partial charge on any atom is -0.206 e. The van der Waals surface area contributed by atoms with Gasteiger partial charge < -0.3 is 0 Å². The molecule has 0 radical (unpaired) electrons. The van der Waals surface area contributed by atoms with Crippen molar-refractivity contribution >= 4 is 15.9 Å². The Kier molecular flexibility index (Phi) is 1.93. The van der Waals surface area contributed by atoms with Crippen molar-refractivity contribution in [1.82, 2.24) is 0 Å². The molecule has 1 atom stereocenters. The van der Waals surface area contributed by atoms with Gasteiger partial charge in [-0.2, -0.15) is 0 Å². The molecule has 0 nitrogen and oxygen atoms in total. The fourth-order valence-corrected chi connectivity index (χ4v) is 2.93. The Bertz CT molecular complexity index is 534. The van der Waals surface area contributed by atoms with Gasteiger partial charge in [0.2, 0.25) is 0 Å². The highest BCUT2D eigenvalue weighted by Gasteiger charge is 2.28. The number of hydrogen-bond donors (Lipinski definition) is 0. The molecule has 0 N–H and O–H groups in total. The number of fused-ring (bicyclic) bond motifs is 3. The highest BCUT2D eigenvalue weighted by Crippen LogP contribution is 2.48. The quantitative estimate of drug-likeness (QED) is 0.622. The van der Waals surface area contributed by atoms with Crippen LogP contribution in [-0.4, -0.2) is 0 Å². The van der Waals surface area contributed by atoms with Gasteiger partial charge in [0.1, 0.15) is 5.82 Å². The van der Waals surface area contributed by atoms with E-state index in [0.717, 1.165) is 22.3 Å². The minimum absolute atomic E-state index is 0.124. The molecule has 0 bridgehead atoms. The van der Waals surface area contributed by atoms with Crippen LogP contribution in [0.1, 0.15) is 16.0 Å². The van der Waals surface area contributed by atoms with Crippen LogP contribution < -0.4 is 0 Å². The van der Waals surface area contributed by atoms with Crippen LogP contribution in [0, 0.1) is 5.82 Å². The molecule has 74 valence electrons. The number of alkyl halides is 1. The van der Waals surface area contributed by atoms with Crippen molar-refractivity contribution < 1.29 is 4.39 Å². The van der Waals surface area contributed by atoms with Gasteiger partial charge in [0.05, 0.1) is 4.83 Å². The summed E-state index contributed by atoms with van der Waals surface area (Å²) in [6.07, 6.45) is 0. The zero-order chi connectivity index (χ0) is 10.4. The summed E-state index contributed by atoms with van der Waals surface area (Å²) in [5.74, 6) is -0.137. The summed E-state index contributed by atoms with van der Waals surface area (Å²) in [7, 11) is 0. The van der Waals surface area contributed by atoms with E-state index in [1.165, 1.54) is 6.07 Å². The number of hydrogen-bond acceptors (Lipinski definition) is 0. The van der Waals surface area contributed by atoms with Crippen LogP contribution in [0.3, 0.4) is 0 Å². The molecule has 1 aliphatic carbocycles. The lowest BCUT2D eigenvalue weighted by Gasteiger charge is -2.03. The van der Waals surface area contributed by atoms with Gasteiger partial charge >= 0.3 is 0 Å². The molecular formula is C13H8BrF. The van der Waals surface area contributed by atoms with Gasteiger partial charge in [-0.25, -0.2) is 4.39 Å². The van der Waals surface area contributed by atoms with E-state index in [0.29, 0.717) is 0 Å². The van der Waals surface area contributed by atoms with E-state index < -0.39 is 0 Å². The summed E-state index contributed by atoms with van der Waals surface area (Å²) in [5.41, 5.74) is 3.93. The molecule has 2 aromatic rings. The van der Waals surface area contributed by atoms with E-state index in [-0.39, 0.29) is 10.6 Å². The Morgan fingerprint density at radius 3 is 2.53 bits per heavy atom. The van der Waals surface area contributed by atoms with E-state index >= 15 is 0 Å². The maximum atomic E-state index is 13.7. The largest absolute Gasteiger partial charge is 0.206 e. The molecule has 0 aromatic heterocycles. The summed E-state index contributed by atoms with van der Waals surface area (Å²) in [6, 6.07) is 13.2. The van der Waals surface area contributed by atoms with E-state index in [4.69, 9.17) is 0 Å². The van der Waals surface area contributed by atoms with Gasteiger partial charge in [-0.05, 0) is 22.8 Å². The van der Waals surface area contributed by atoms with Gasteiger partial charge in [0.15, 0.2) is 0 Å². The molecule has 2 heteroatoms. The van der Waals surface area contributed by atoms with Crippen molar-refractivity contribution in [3.05, 3.63) is 59.4 Å². The molecule has 3 rings (SSSR count). The first-order valence-electron chi connectivity index (χ1n) is 4.81. The van der Waals surface area contributed by atoms with Gasteiger partial charge in [-0.1, -0.05) is 52.3 Å². The molecule has 1 aliphatic rings. The standard InChI is InChI=1S/C13H8BrF/c14-13-9-5-2-1-4-8(9)12-10(13)6-3-7-11(12)15/h1-7,13H/t13-/m0/s1. The molecular weight excluding hydrogens is 255 g/mol. The monoisotopic (exact) mass is 262 g/mol. The molecule has 0 spiro atoms. The lowest BCUT2D eigenvalue weighted by Crippen LogP contribution is -1.85. The van der Waals surface area contributed by atoms with Crippen LogP contribution in [0.5, 0.6) is 0 Å². The molecule has 0 fully saturated rings. The molecule has 0 saturated heterocycles. The maximum Gasteiger partial charge on any atom is 0.131 e. The first kappa shape index (κ1) is 9.10. The van der Waals surface area contributed by atoms with Crippen molar-refractivity contribution in [1.29, 1.82) is 0 Å². The minimum atomic E-state index is -0.137. The molecule has 15 heavy (non-hydrogen) atoms. The van der Waals surface area contributed by atoms with Crippen LogP contribution >= 0.6 is 15.9 Å². The van der Waals surface area contributed by atoms with Crippen LogP contribution in [0.15, 0.2) is 42.5 Å². The van der Waals surface area contributed by atoms with Crippen molar-refractivity contribution in [2.75, 3.05) is 0 Å². The summed E-state index contributed by atoms with van der Waals surface area (Å²) in [6.45, 7) is 0. The van der Waals surface area contributed by atoms with Crippen molar-refractivity contribution in [3.63, 3.8) is 0 Å². The van der Waals surface area contributed by atoms with Crippen LogP contribution in [-0.2, 0) is 0 Å². The SMILES string of the molecule is Fc1cccc2c1-c1ccccc1[C@@H]2Br. The summed E-state index contributed by atoms with van der Waals surface area (Å²) in [5, 5.41) is 0. The topological polar surface area (TPSA) is 0 Å². The predicted molar refractivity (Wildman–Crippen MR) is 62.6 cm³/mol. The molecule has 2 aromatic carbocycles. The maximum absolute atomic E-state index is 13.7. The molecule has 0 amide bonds. The van der Waals surface area contributed by atoms with E-state index in [2.05, 4.69) is 15.9 Å². The molecule has 0 saturated carbocycles. The van der Waals surface area contributed by atoms with Crippen LogP contribution in [0.2, 0.25) is 0 Å². The second kappa shape index (κ2) is 3.17. The zero-order valence-electron chi connectivity index (χ0n) is 7.87. The van der Waals surface area contributed by atoms with Crippen molar-refractivity contribution in [2.24, 2.45) is 0 Å². The third-order valence-corrected chi connectivity index (χ3v) is 3.81. The average Bonchev–Trinajstić information content (AvgIpc) is 2.55. The normalized spacial score (nSPS) is 17.3. The number of halogens is 2. The van der Waals surface area contributed by atoms with Crippen LogP contribution in [0.4, 0.5) is 4.39 Å². The summed E-state index contributed by atoms with van der Waals surface area (Å²) >= 11 is 3.60. The Morgan fingerprint density at radius 2 is 1.67 bits per heavy atom. The number of benzene rings is 2. The van der Waals surface area contributed by atoms with Gasteiger partial charge in [-0.3, -0.25) is 0 Å². The predicted octanol–water partition coefficient (Wildman–Crippen LogP) is 4.29. The lowest BCUT2D eigenvalue weighted by atomic mass is 10.1. The van der Waals surface area contributed by atoms with E-state index in [1.807, 2.05) is 30.3 Å². The van der Waals surface area contributed by atoms with Gasteiger partial charge in [-0.15, -0.1) is 0 Å². The van der Waals surface area contributed by atoms with Crippen LogP contribution in [0.25, 0.3) is 11.1 Å². The third-order valence-electron chi connectivity index (χ3n) is 2.82.